The van der Waals surface area contributed by atoms with Gasteiger partial charge in [0.05, 0.1) is 21.6 Å². The molecule has 1 saturated heterocycles. The fraction of sp³-hybridized carbons (Fsp3) is 0.400. The molecule has 1 aliphatic heterocycles. The van der Waals surface area contributed by atoms with Gasteiger partial charge in [0.1, 0.15) is 0 Å². The second kappa shape index (κ2) is 6.33. The summed E-state index contributed by atoms with van der Waals surface area (Å²) in [7, 11) is -3.81. The smallest absolute Gasteiger partial charge is 0.268 e. The van der Waals surface area contributed by atoms with Crippen molar-refractivity contribution in [2.75, 3.05) is 6.54 Å². The van der Waals surface area contributed by atoms with Crippen LogP contribution in [0.5, 0.6) is 0 Å². The summed E-state index contributed by atoms with van der Waals surface area (Å²) in [6.07, 6.45) is 3.11. The van der Waals surface area contributed by atoms with Gasteiger partial charge in [0.2, 0.25) is 10.0 Å². The molecule has 2 heterocycles. The zero-order chi connectivity index (χ0) is 17.3. The predicted molar refractivity (Wildman–Crippen MR) is 86.9 cm³/mol. The van der Waals surface area contributed by atoms with Crippen LogP contribution in [0.25, 0.3) is 0 Å². The quantitative estimate of drug-likeness (QED) is 0.609. The summed E-state index contributed by atoms with van der Waals surface area (Å²) in [6.45, 7) is 3.00. The lowest BCUT2D eigenvalue weighted by molar-refractivity contribution is -0.385. The first kappa shape index (κ1) is 16.6. The standard InChI is InChI=1S/C15H18N4O4S/c1-2-17-14(8-9-16-17)15-7-4-10-18(15)24(22,23)13-6-3-5-12(11-13)19(20)21/h3,5-6,8-9,11,15H,2,4,7,10H2,1H3/t15-/m0/s1. The van der Waals surface area contributed by atoms with Gasteiger partial charge in [-0.05, 0) is 31.9 Å². The number of aryl methyl sites for hydroxylation is 1. The number of aromatic nitrogens is 2. The lowest BCUT2D eigenvalue weighted by Crippen LogP contribution is -2.31. The molecular weight excluding hydrogens is 332 g/mol. The van der Waals surface area contributed by atoms with Crippen molar-refractivity contribution in [2.24, 2.45) is 0 Å². The third-order valence-corrected chi connectivity index (χ3v) is 6.13. The van der Waals surface area contributed by atoms with Gasteiger partial charge in [0.25, 0.3) is 5.69 Å². The van der Waals surface area contributed by atoms with Crippen molar-refractivity contribution in [2.45, 2.75) is 37.2 Å². The third kappa shape index (κ3) is 2.80. The van der Waals surface area contributed by atoms with Crippen LogP contribution in [0.2, 0.25) is 0 Å². The molecule has 0 unspecified atom stereocenters. The molecule has 0 amide bonds. The molecule has 0 bridgehead atoms. The molecule has 3 rings (SSSR count). The molecular formula is C15H18N4O4S. The SMILES string of the molecule is CCn1nccc1[C@@H]1CCCN1S(=O)(=O)c1cccc([N+](=O)[O-])c1. The number of sulfonamides is 1. The van der Waals surface area contributed by atoms with Gasteiger partial charge in [0, 0.05) is 31.4 Å². The van der Waals surface area contributed by atoms with Crippen molar-refractivity contribution in [3.05, 3.63) is 52.3 Å². The van der Waals surface area contributed by atoms with Gasteiger partial charge >= 0.3 is 0 Å². The number of hydrogen-bond acceptors (Lipinski definition) is 5. The summed E-state index contributed by atoms with van der Waals surface area (Å²) in [5.41, 5.74) is 0.620. The normalized spacial score (nSPS) is 18.8. The Bertz CT molecular complexity index is 862. The first-order chi connectivity index (χ1) is 11.4. The first-order valence-corrected chi connectivity index (χ1v) is 9.17. The number of nitro benzene ring substituents is 1. The highest BCUT2D eigenvalue weighted by Gasteiger charge is 2.38. The minimum absolute atomic E-state index is 0.0498. The zero-order valence-corrected chi connectivity index (χ0v) is 14.0. The van der Waals surface area contributed by atoms with Crippen LogP contribution in [0, 0.1) is 10.1 Å². The van der Waals surface area contributed by atoms with E-state index >= 15 is 0 Å². The van der Waals surface area contributed by atoms with Crippen molar-refractivity contribution in [1.82, 2.24) is 14.1 Å². The van der Waals surface area contributed by atoms with E-state index in [4.69, 9.17) is 0 Å². The van der Waals surface area contributed by atoms with E-state index in [2.05, 4.69) is 5.10 Å². The first-order valence-electron chi connectivity index (χ1n) is 7.73. The summed E-state index contributed by atoms with van der Waals surface area (Å²) >= 11 is 0. The largest absolute Gasteiger partial charge is 0.270 e. The maximum Gasteiger partial charge on any atom is 0.270 e. The summed E-state index contributed by atoms with van der Waals surface area (Å²) in [5.74, 6) is 0. The second-order valence-electron chi connectivity index (χ2n) is 5.60. The van der Waals surface area contributed by atoms with Gasteiger partial charge < -0.3 is 0 Å². The van der Waals surface area contributed by atoms with Crippen LogP contribution >= 0.6 is 0 Å². The molecule has 9 heteroatoms. The molecule has 0 saturated carbocycles. The average molecular weight is 350 g/mol. The molecule has 1 fully saturated rings. The van der Waals surface area contributed by atoms with Crippen molar-refractivity contribution in [3.8, 4) is 0 Å². The van der Waals surface area contributed by atoms with Crippen LogP contribution in [0.3, 0.4) is 0 Å². The van der Waals surface area contributed by atoms with Gasteiger partial charge in [-0.2, -0.15) is 9.40 Å². The monoisotopic (exact) mass is 350 g/mol. The van der Waals surface area contributed by atoms with E-state index in [0.717, 1.165) is 18.2 Å². The van der Waals surface area contributed by atoms with E-state index in [0.29, 0.717) is 19.5 Å². The topological polar surface area (TPSA) is 98.3 Å². The van der Waals surface area contributed by atoms with Crippen molar-refractivity contribution in [1.29, 1.82) is 0 Å². The Labute approximate surface area is 139 Å². The van der Waals surface area contributed by atoms with E-state index < -0.39 is 14.9 Å². The Hall–Kier alpha value is -2.26. The van der Waals surface area contributed by atoms with Gasteiger partial charge in [-0.25, -0.2) is 8.42 Å². The van der Waals surface area contributed by atoms with Gasteiger partial charge in [-0.15, -0.1) is 0 Å². The Balaban J connectivity index is 2.00. The van der Waals surface area contributed by atoms with Crippen LogP contribution in [0.15, 0.2) is 41.4 Å². The van der Waals surface area contributed by atoms with E-state index in [1.54, 1.807) is 10.9 Å². The highest BCUT2D eigenvalue weighted by Crippen LogP contribution is 2.36. The molecule has 0 spiro atoms. The third-order valence-electron chi connectivity index (χ3n) is 4.23. The maximum atomic E-state index is 13.0. The summed E-state index contributed by atoms with van der Waals surface area (Å²) in [4.78, 5) is 10.3. The van der Waals surface area contributed by atoms with Crippen molar-refractivity contribution >= 4 is 15.7 Å². The summed E-state index contributed by atoms with van der Waals surface area (Å²) in [6, 6.07) is 6.72. The van der Waals surface area contributed by atoms with Crippen LogP contribution in [-0.4, -0.2) is 34.0 Å². The minimum Gasteiger partial charge on any atom is -0.268 e. The van der Waals surface area contributed by atoms with Gasteiger partial charge in [-0.3, -0.25) is 14.8 Å². The average Bonchev–Trinajstić information content (AvgIpc) is 3.23. The number of nitrogens with zero attached hydrogens (tertiary/aromatic N) is 4. The molecule has 2 aromatic rings. The molecule has 24 heavy (non-hydrogen) atoms. The fourth-order valence-corrected chi connectivity index (χ4v) is 4.82. The van der Waals surface area contributed by atoms with Crippen LogP contribution in [0.1, 0.15) is 31.5 Å². The molecule has 0 radical (unpaired) electrons. The molecule has 0 aliphatic carbocycles. The Morgan fingerprint density at radius 3 is 2.88 bits per heavy atom. The molecule has 128 valence electrons. The molecule has 1 aromatic carbocycles. The molecule has 1 aliphatic rings. The Morgan fingerprint density at radius 2 is 2.17 bits per heavy atom. The van der Waals surface area contributed by atoms with Gasteiger partial charge in [0.15, 0.2) is 0 Å². The number of nitro groups is 1. The van der Waals surface area contributed by atoms with Gasteiger partial charge in [-0.1, -0.05) is 6.07 Å². The number of rotatable bonds is 5. The van der Waals surface area contributed by atoms with E-state index in [-0.39, 0.29) is 16.6 Å². The molecule has 0 N–H and O–H groups in total. The Morgan fingerprint density at radius 1 is 1.38 bits per heavy atom. The number of benzene rings is 1. The van der Waals surface area contributed by atoms with Crippen LogP contribution in [-0.2, 0) is 16.6 Å². The maximum absolute atomic E-state index is 13.0. The summed E-state index contributed by atoms with van der Waals surface area (Å²) in [5, 5.41) is 15.1. The Kier molecular flexibility index (Phi) is 4.37. The lowest BCUT2D eigenvalue weighted by atomic mass is 10.1. The summed E-state index contributed by atoms with van der Waals surface area (Å²) < 4.78 is 29.2. The predicted octanol–water partition coefficient (Wildman–Crippen LogP) is 2.34. The molecule has 1 atom stereocenters. The lowest BCUT2D eigenvalue weighted by Gasteiger charge is -2.24. The van der Waals surface area contributed by atoms with Crippen molar-refractivity contribution < 1.29 is 13.3 Å². The van der Waals surface area contributed by atoms with E-state index in [1.165, 1.54) is 22.5 Å². The van der Waals surface area contributed by atoms with E-state index in [9.17, 15) is 18.5 Å². The molecule has 1 aromatic heterocycles. The zero-order valence-electron chi connectivity index (χ0n) is 13.2. The highest BCUT2D eigenvalue weighted by molar-refractivity contribution is 7.89. The second-order valence-corrected chi connectivity index (χ2v) is 7.49. The van der Waals surface area contributed by atoms with Crippen molar-refractivity contribution in [3.63, 3.8) is 0 Å². The van der Waals surface area contributed by atoms with Crippen LogP contribution in [0.4, 0.5) is 5.69 Å². The highest BCUT2D eigenvalue weighted by atomic mass is 32.2. The van der Waals surface area contributed by atoms with Crippen LogP contribution < -0.4 is 0 Å². The molecule has 8 nitrogen and oxygen atoms in total. The number of non-ortho nitro benzene ring substituents is 1. The number of hydrogen-bond donors (Lipinski definition) is 0. The van der Waals surface area contributed by atoms with E-state index in [1.807, 2.05) is 13.0 Å². The fourth-order valence-electron chi connectivity index (χ4n) is 3.11. The minimum atomic E-state index is -3.81.